The highest BCUT2D eigenvalue weighted by Crippen LogP contribution is 1.76. The van der Waals surface area contributed by atoms with Crippen LogP contribution in [0, 0.1) is 0 Å². The molecule has 0 aliphatic carbocycles. The maximum Gasteiger partial charge on any atom is 0.0558 e. The smallest absolute Gasteiger partial charge is 0.0558 e. The van der Waals surface area contributed by atoms with Gasteiger partial charge in [0.15, 0.2) is 0 Å². The molecule has 0 rings (SSSR count). The largest absolute Gasteiger partial charge is 0.396 e. The number of nitrogens with one attached hydrogen (secondary N) is 1. The van der Waals surface area contributed by atoms with Crippen molar-refractivity contribution in [2.45, 2.75) is 12.8 Å². The standard InChI is InChI=1S/C6H15NO2.C5H13NO2/c8-5-1-3-7-4-2-6-9;1-6(2-4-7)3-5-8/h7-9H,1-6H2;7-8H,2-5H2,1H3. The van der Waals surface area contributed by atoms with Crippen LogP contribution in [-0.2, 0) is 0 Å². The molecule has 0 saturated heterocycles. The van der Waals surface area contributed by atoms with Crippen molar-refractivity contribution in [1.82, 2.24) is 10.2 Å². The van der Waals surface area contributed by atoms with Gasteiger partial charge >= 0.3 is 0 Å². The van der Waals surface area contributed by atoms with E-state index in [4.69, 9.17) is 20.4 Å². The molecule has 106 valence electrons. The SMILES string of the molecule is CN(CCO)CCO.OCCCNCCCO. The Labute approximate surface area is 104 Å². The normalized spacial score (nSPS) is 10.2. The Kier molecular flexibility index (Phi) is 20.4. The molecule has 0 aliphatic heterocycles. The van der Waals surface area contributed by atoms with Crippen LogP contribution < -0.4 is 5.32 Å². The van der Waals surface area contributed by atoms with Crippen LogP contribution in [0.15, 0.2) is 0 Å². The van der Waals surface area contributed by atoms with Crippen LogP contribution in [0.2, 0.25) is 0 Å². The van der Waals surface area contributed by atoms with Crippen molar-refractivity contribution in [3.8, 4) is 0 Å². The van der Waals surface area contributed by atoms with Crippen LogP contribution in [0.3, 0.4) is 0 Å². The number of rotatable bonds is 10. The quantitative estimate of drug-likeness (QED) is 0.296. The zero-order valence-corrected chi connectivity index (χ0v) is 10.8. The predicted octanol–water partition coefficient (Wildman–Crippen LogP) is -1.76. The third kappa shape index (κ3) is 21.6. The van der Waals surface area contributed by atoms with Gasteiger partial charge in [0.05, 0.1) is 13.2 Å². The molecule has 0 fully saturated rings. The minimum atomic E-state index is 0.163. The van der Waals surface area contributed by atoms with Gasteiger partial charge in [-0.15, -0.1) is 0 Å². The molecule has 0 aromatic carbocycles. The third-order valence-electron chi connectivity index (χ3n) is 1.99. The lowest BCUT2D eigenvalue weighted by Crippen LogP contribution is -2.25. The van der Waals surface area contributed by atoms with Crippen molar-refractivity contribution in [3.05, 3.63) is 0 Å². The van der Waals surface area contributed by atoms with Gasteiger partial charge in [0, 0.05) is 26.3 Å². The zero-order chi connectivity index (χ0) is 13.4. The first-order chi connectivity index (χ1) is 8.22. The number of aliphatic hydroxyl groups excluding tert-OH is 4. The summed E-state index contributed by atoms with van der Waals surface area (Å²) in [4.78, 5) is 1.86. The molecule has 5 N–H and O–H groups in total. The monoisotopic (exact) mass is 252 g/mol. The van der Waals surface area contributed by atoms with E-state index in [0.29, 0.717) is 13.1 Å². The summed E-state index contributed by atoms with van der Waals surface area (Å²) in [6, 6.07) is 0. The molecule has 17 heavy (non-hydrogen) atoms. The maximum absolute atomic E-state index is 8.34. The van der Waals surface area contributed by atoms with E-state index < -0.39 is 0 Å². The molecule has 0 aliphatic rings. The van der Waals surface area contributed by atoms with Gasteiger partial charge in [-0.2, -0.15) is 0 Å². The van der Waals surface area contributed by atoms with Crippen molar-refractivity contribution in [1.29, 1.82) is 0 Å². The highest BCUT2D eigenvalue weighted by Gasteiger charge is 1.91. The van der Waals surface area contributed by atoms with Gasteiger partial charge in [0.2, 0.25) is 0 Å². The molecular weight excluding hydrogens is 224 g/mol. The summed E-state index contributed by atoms with van der Waals surface area (Å²) in [5.41, 5.74) is 0. The van der Waals surface area contributed by atoms with Gasteiger partial charge in [0.1, 0.15) is 0 Å². The molecule has 6 heteroatoms. The second-order valence-corrected chi connectivity index (χ2v) is 3.65. The van der Waals surface area contributed by atoms with Crippen LogP contribution in [0.4, 0.5) is 0 Å². The topological polar surface area (TPSA) is 96.2 Å². The fourth-order valence-corrected chi connectivity index (χ4v) is 0.986. The fraction of sp³-hybridized carbons (Fsp3) is 1.00. The minimum absolute atomic E-state index is 0.163. The first kappa shape index (κ1) is 19.1. The van der Waals surface area contributed by atoms with E-state index in [1.54, 1.807) is 0 Å². The molecule has 0 atom stereocenters. The summed E-state index contributed by atoms with van der Waals surface area (Å²) >= 11 is 0. The summed E-state index contributed by atoms with van der Waals surface area (Å²) in [6.45, 7) is 3.78. The van der Waals surface area contributed by atoms with Crippen molar-refractivity contribution < 1.29 is 20.4 Å². The molecular formula is C11H28N2O4. The van der Waals surface area contributed by atoms with Crippen molar-refractivity contribution in [3.63, 3.8) is 0 Å². The van der Waals surface area contributed by atoms with E-state index in [1.807, 2.05) is 11.9 Å². The van der Waals surface area contributed by atoms with Crippen molar-refractivity contribution in [2.75, 3.05) is 59.7 Å². The summed E-state index contributed by atoms with van der Waals surface area (Å²) < 4.78 is 0. The van der Waals surface area contributed by atoms with Gasteiger partial charge in [-0.05, 0) is 33.0 Å². The molecule has 6 nitrogen and oxygen atoms in total. The van der Waals surface area contributed by atoms with E-state index in [0.717, 1.165) is 25.9 Å². The fourth-order valence-electron chi connectivity index (χ4n) is 0.986. The Morgan fingerprint density at radius 3 is 1.47 bits per heavy atom. The Balaban J connectivity index is 0. The molecule has 0 spiro atoms. The number of hydrogen-bond acceptors (Lipinski definition) is 6. The van der Waals surface area contributed by atoms with Gasteiger partial charge in [0.25, 0.3) is 0 Å². The molecule has 0 unspecified atom stereocenters. The van der Waals surface area contributed by atoms with Gasteiger partial charge < -0.3 is 30.6 Å². The predicted molar refractivity (Wildman–Crippen MR) is 67.9 cm³/mol. The highest BCUT2D eigenvalue weighted by molar-refractivity contribution is 4.46. The second kappa shape index (κ2) is 18.1. The Bertz CT molecular complexity index is 116. The molecule has 0 bridgehead atoms. The molecule has 0 heterocycles. The molecule has 0 radical (unpaired) electrons. The first-order valence-corrected chi connectivity index (χ1v) is 6.05. The second-order valence-electron chi connectivity index (χ2n) is 3.65. The van der Waals surface area contributed by atoms with Crippen LogP contribution in [-0.4, -0.2) is 85.0 Å². The van der Waals surface area contributed by atoms with E-state index in [2.05, 4.69) is 5.32 Å². The van der Waals surface area contributed by atoms with E-state index in [-0.39, 0.29) is 26.4 Å². The molecule has 0 aromatic heterocycles. The number of nitrogens with zero attached hydrogens (tertiary/aromatic N) is 1. The van der Waals surface area contributed by atoms with E-state index in [9.17, 15) is 0 Å². The van der Waals surface area contributed by atoms with Crippen molar-refractivity contribution >= 4 is 0 Å². The van der Waals surface area contributed by atoms with Crippen LogP contribution >= 0.6 is 0 Å². The van der Waals surface area contributed by atoms with Gasteiger partial charge in [-0.25, -0.2) is 0 Å². The van der Waals surface area contributed by atoms with Crippen molar-refractivity contribution in [2.24, 2.45) is 0 Å². The van der Waals surface area contributed by atoms with Crippen LogP contribution in [0.1, 0.15) is 12.8 Å². The van der Waals surface area contributed by atoms with E-state index >= 15 is 0 Å². The number of likely N-dealkylation sites (N-methyl/N-ethyl adjacent to an activating group) is 1. The lowest BCUT2D eigenvalue weighted by atomic mass is 10.4. The van der Waals surface area contributed by atoms with Gasteiger partial charge in [-0.1, -0.05) is 0 Å². The third-order valence-corrected chi connectivity index (χ3v) is 1.99. The lowest BCUT2D eigenvalue weighted by Gasteiger charge is -2.11. The Morgan fingerprint density at radius 2 is 1.18 bits per heavy atom. The average Bonchev–Trinajstić information content (AvgIpc) is 2.31. The number of hydrogen-bond donors (Lipinski definition) is 5. The highest BCUT2D eigenvalue weighted by atomic mass is 16.3. The van der Waals surface area contributed by atoms with Crippen LogP contribution in [0.25, 0.3) is 0 Å². The summed E-state index contributed by atoms with van der Waals surface area (Å²) in [5, 5.41) is 36.4. The molecule has 0 saturated carbocycles. The minimum Gasteiger partial charge on any atom is -0.396 e. The van der Waals surface area contributed by atoms with E-state index in [1.165, 1.54) is 0 Å². The van der Waals surface area contributed by atoms with Crippen LogP contribution in [0.5, 0.6) is 0 Å². The lowest BCUT2D eigenvalue weighted by molar-refractivity contribution is 0.184. The zero-order valence-electron chi connectivity index (χ0n) is 10.8. The Morgan fingerprint density at radius 1 is 0.765 bits per heavy atom. The molecule has 0 aromatic rings. The summed E-state index contributed by atoms with van der Waals surface area (Å²) in [7, 11) is 1.85. The summed E-state index contributed by atoms with van der Waals surface area (Å²) in [5.74, 6) is 0. The first-order valence-electron chi connectivity index (χ1n) is 6.05. The maximum atomic E-state index is 8.34. The molecule has 0 amide bonds. The average molecular weight is 252 g/mol. The summed E-state index contributed by atoms with van der Waals surface area (Å²) in [6.07, 6.45) is 1.59. The Hall–Kier alpha value is -0.240. The number of aliphatic hydroxyl groups is 4. The van der Waals surface area contributed by atoms with Gasteiger partial charge in [-0.3, -0.25) is 0 Å².